The van der Waals surface area contributed by atoms with Crippen LogP contribution in [0.5, 0.6) is 0 Å². The van der Waals surface area contributed by atoms with Crippen molar-refractivity contribution in [3.05, 3.63) is 17.8 Å². The second kappa shape index (κ2) is 5.09. The largest absolute Gasteiger partial charge is 0.476 e. The summed E-state index contributed by atoms with van der Waals surface area (Å²) in [7, 11) is 0. The number of aromatic nitrogens is 1. The lowest BCUT2D eigenvalue weighted by molar-refractivity contribution is 0.0690. The van der Waals surface area contributed by atoms with Crippen LogP contribution in [-0.2, 0) is 11.3 Å². The fourth-order valence-electron chi connectivity index (χ4n) is 1.64. The molecule has 0 amide bonds. The van der Waals surface area contributed by atoms with Crippen molar-refractivity contribution < 1.29 is 19.1 Å². The first-order valence-corrected chi connectivity index (χ1v) is 5.25. The lowest BCUT2D eigenvalue weighted by Crippen LogP contribution is -2.25. The van der Waals surface area contributed by atoms with Crippen molar-refractivity contribution in [2.45, 2.75) is 25.5 Å². The van der Waals surface area contributed by atoms with Crippen molar-refractivity contribution in [1.82, 2.24) is 10.3 Å². The Bertz CT molecular complexity index is 357. The highest BCUT2D eigenvalue weighted by molar-refractivity contribution is 5.84. The summed E-state index contributed by atoms with van der Waals surface area (Å²) in [6.45, 7) is 1.99. The number of nitrogens with one attached hydrogen (secondary N) is 1. The second-order valence-corrected chi connectivity index (χ2v) is 3.70. The highest BCUT2D eigenvalue weighted by atomic mass is 16.5. The van der Waals surface area contributed by atoms with Gasteiger partial charge in [0.05, 0.1) is 12.6 Å². The summed E-state index contributed by atoms with van der Waals surface area (Å²) in [6, 6.07) is 0. The van der Waals surface area contributed by atoms with Gasteiger partial charge in [-0.1, -0.05) is 0 Å². The van der Waals surface area contributed by atoms with Crippen LogP contribution in [0.25, 0.3) is 0 Å². The fraction of sp³-hybridized carbons (Fsp3) is 0.600. The second-order valence-electron chi connectivity index (χ2n) is 3.70. The van der Waals surface area contributed by atoms with Crippen LogP contribution in [0.1, 0.15) is 29.2 Å². The molecule has 1 aliphatic rings. The molecule has 0 saturated carbocycles. The van der Waals surface area contributed by atoms with Crippen LogP contribution in [0.2, 0.25) is 0 Å². The van der Waals surface area contributed by atoms with E-state index in [9.17, 15) is 4.79 Å². The number of carboxylic acids is 1. The smallest absolute Gasteiger partial charge is 0.357 e. The van der Waals surface area contributed by atoms with Crippen LogP contribution in [0.3, 0.4) is 0 Å². The van der Waals surface area contributed by atoms with Crippen molar-refractivity contribution in [1.29, 1.82) is 0 Å². The lowest BCUT2D eigenvalue weighted by Gasteiger charge is -2.08. The first-order valence-electron chi connectivity index (χ1n) is 5.25. The maximum Gasteiger partial charge on any atom is 0.357 e. The molecule has 2 heterocycles. The average molecular weight is 226 g/mol. The summed E-state index contributed by atoms with van der Waals surface area (Å²) >= 11 is 0. The molecule has 1 fully saturated rings. The molecule has 1 unspecified atom stereocenters. The van der Waals surface area contributed by atoms with Gasteiger partial charge in [-0.15, -0.1) is 0 Å². The van der Waals surface area contributed by atoms with Gasteiger partial charge in [-0.25, -0.2) is 9.78 Å². The van der Waals surface area contributed by atoms with Crippen LogP contribution in [0.15, 0.2) is 10.7 Å². The third-order valence-corrected chi connectivity index (χ3v) is 2.44. The topological polar surface area (TPSA) is 84.6 Å². The SMILES string of the molecule is O=C(O)c1coc(CNCC2CCCO2)n1. The Balaban J connectivity index is 1.74. The fourth-order valence-corrected chi connectivity index (χ4v) is 1.64. The molecule has 1 aliphatic heterocycles. The van der Waals surface area contributed by atoms with Gasteiger partial charge in [-0.3, -0.25) is 0 Å². The molecule has 1 atom stereocenters. The van der Waals surface area contributed by atoms with Crippen LogP contribution < -0.4 is 5.32 Å². The third kappa shape index (κ3) is 2.80. The van der Waals surface area contributed by atoms with E-state index in [1.54, 1.807) is 0 Å². The van der Waals surface area contributed by atoms with E-state index in [0.717, 1.165) is 32.3 Å². The van der Waals surface area contributed by atoms with Crippen molar-refractivity contribution in [2.24, 2.45) is 0 Å². The zero-order chi connectivity index (χ0) is 11.4. The Morgan fingerprint density at radius 1 is 1.69 bits per heavy atom. The molecule has 6 nitrogen and oxygen atoms in total. The van der Waals surface area contributed by atoms with Crippen LogP contribution in [-0.4, -0.2) is 35.3 Å². The number of rotatable bonds is 5. The summed E-state index contributed by atoms with van der Waals surface area (Å²) in [6.07, 6.45) is 3.58. The average Bonchev–Trinajstić information content (AvgIpc) is 2.87. The zero-order valence-corrected chi connectivity index (χ0v) is 8.81. The monoisotopic (exact) mass is 226 g/mol. The summed E-state index contributed by atoms with van der Waals surface area (Å²) in [4.78, 5) is 14.3. The summed E-state index contributed by atoms with van der Waals surface area (Å²) in [5, 5.41) is 11.8. The van der Waals surface area contributed by atoms with Gasteiger partial charge in [0.25, 0.3) is 0 Å². The van der Waals surface area contributed by atoms with Gasteiger partial charge in [-0.2, -0.15) is 0 Å². The van der Waals surface area contributed by atoms with Crippen LogP contribution >= 0.6 is 0 Å². The van der Waals surface area contributed by atoms with E-state index in [-0.39, 0.29) is 11.8 Å². The molecule has 16 heavy (non-hydrogen) atoms. The highest BCUT2D eigenvalue weighted by Crippen LogP contribution is 2.10. The molecule has 1 aromatic rings. The Hall–Kier alpha value is -1.40. The zero-order valence-electron chi connectivity index (χ0n) is 8.81. The Morgan fingerprint density at radius 2 is 2.56 bits per heavy atom. The van der Waals surface area contributed by atoms with Gasteiger partial charge in [0.2, 0.25) is 5.89 Å². The number of hydrogen-bond donors (Lipinski definition) is 2. The standard InChI is InChI=1S/C10H14N2O4/c13-10(14)8-6-16-9(12-8)5-11-4-7-2-1-3-15-7/h6-7,11H,1-5H2,(H,13,14). The Kier molecular flexibility index (Phi) is 3.53. The van der Waals surface area contributed by atoms with Gasteiger partial charge < -0.3 is 19.6 Å². The van der Waals surface area contributed by atoms with Crippen molar-refractivity contribution in [2.75, 3.05) is 13.2 Å². The number of oxazole rings is 1. The third-order valence-electron chi connectivity index (χ3n) is 2.44. The molecule has 6 heteroatoms. The summed E-state index contributed by atoms with van der Waals surface area (Å²) in [5.74, 6) is -0.690. The molecule has 1 saturated heterocycles. The number of carbonyl (C=O) groups is 1. The van der Waals surface area contributed by atoms with E-state index in [4.69, 9.17) is 14.3 Å². The minimum Gasteiger partial charge on any atom is -0.476 e. The molecule has 2 rings (SSSR count). The maximum atomic E-state index is 10.5. The molecule has 0 bridgehead atoms. The van der Waals surface area contributed by atoms with E-state index < -0.39 is 5.97 Å². The van der Waals surface area contributed by atoms with E-state index in [1.165, 1.54) is 0 Å². The molecular weight excluding hydrogens is 212 g/mol. The van der Waals surface area contributed by atoms with E-state index >= 15 is 0 Å². The minimum atomic E-state index is -1.07. The van der Waals surface area contributed by atoms with Crippen molar-refractivity contribution in [3.63, 3.8) is 0 Å². The van der Waals surface area contributed by atoms with Crippen molar-refractivity contribution >= 4 is 5.97 Å². The van der Waals surface area contributed by atoms with E-state index in [2.05, 4.69) is 10.3 Å². The van der Waals surface area contributed by atoms with Crippen LogP contribution in [0, 0.1) is 0 Å². The summed E-state index contributed by atoms with van der Waals surface area (Å²) in [5.41, 5.74) is -0.0612. The number of ether oxygens (including phenoxy) is 1. The number of nitrogens with zero attached hydrogens (tertiary/aromatic N) is 1. The lowest BCUT2D eigenvalue weighted by atomic mass is 10.2. The molecule has 0 aromatic carbocycles. The number of aromatic carboxylic acids is 1. The molecule has 2 N–H and O–H groups in total. The first-order chi connectivity index (χ1) is 7.75. The minimum absolute atomic E-state index is 0.0612. The predicted octanol–water partition coefficient (Wildman–Crippen LogP) is 0.641. The van der Waals surface area contributed by atoms with Gasteiger partial charge >= 0.3 is 5.97 Å². The van der Waals surface area contributed by atoms with Gasteiger partial charge in [0.1, 0.15) is 6.26 Å². The van der Waals surface area contributed by atoms with Gasteiger partial charge in [0.15, 0.2) is 5.69 Å². The molecule has 1 aromatic heterocycles. The van der Waals surface area contributed by atoms with Crippen molar-refractivity contribution in [3.8, 4) is 0 Å². The predicted molar refractivity (Wildman–Crippen MR) is 54.1 cm³/mol. The highest BCUT2D eigenvalue weighted by Gasteiger charge is 2.15. The molecule has 0 spiro atoms. The number of carboxylic acid groups (broad SMARTS) is 1. The van der Waals surface area contributed by atoms with Crippen LogP contribution in [0.4, 0.5) is 0 Å². The quantitative estimate of drug-likeness (QED) is 0.766. The van der Waals surface area contributed by atoms with Gasteiger partial charge in [0, 0.05) is 13.2 Å². The van der Waals surface area contributed by atoms with Gasteiger partial charge in [-0.05, 0) is 12.8 Å². The first kappa shape index (κ1) is 11.1. The molecular formula is C10H14N2O4. The molecule has 0 radical (unpaired) electrons. The van der Waals surface area contributed by atoms with E-state index in [1.807, 2.05) is 0 Å². The molecule has 0 aliphatic carbocycles. The molecule has 88 valence electrons. The maximum absolute atomic E-state index is 10.5. The van der Waals surface area contributed by atoms with E-state index in [0.29, 0.717) is 12.4 Å². The number of hydrogen-bond acceptors (Lipinski definition) is 5. The summed E-state index contributed by atoms with van der Waals surface area (Å²) < 4.78 is 10.4. The Morgan fingerprint density at radius 3 is 3.19 bits per heavy atom. The normalized spacial score (nSPS) is 20.1. The Labute approximate surface area is 92.6 Å².